The molecule has 2 N–H and O–H groups in total. The lowest BCUT2D eigenvalue weighted by molar-refractivity contribution is 0.0724. The molecular weight excluding hydrogens is 314 g/mol. The van der Waals surface area contributed by atoms with Gasteiger partial charge in [-0.05, 0) is 26.3 Å². The lowest BCUT2D eigenvalue weighted by Crippen LogP contribution is -2.54. The van der Waals surface area contributed by atoms with Crippen LogP contribution in [0.2, 0.25) is 0 Å². The van der Waals surface area contributed by atoms with Gasteiger partial charge in [0.05, 0.1) is 13.2 Å². The lowest BCUT2D eigenvalue weighted by Gasteiger charge is -2.32. The normalized spacial score (nSPS) is 18.7. The Hall–Kier alpha value is -0.990. The van der Waals surface area contributed by atoms with Crippen molar-refractivity contribution in [1.82, 2.24) is 14.3 Å². The van der Waals surface area contributed by atoms with Crippen LogP contribution in [0.5, 0.6) is 0 Å². The first-order valence-corrected chi connectivity index (χ1v) is 9.39. The minimum absolute atomic E-state index is 0.138. The number of nitrogens with zero attached hydrogens (tertiary/aromatic N) is 1. The predicted molar refractivity (Wildman–Crippen MR) is 91.4 cm³/mol. The SMILES string of the molecule is C[C@H](NC(C)(C)CNS(=O)(=O)N1CCOCC1)c1ccccc1. The summed E-state index contributed by atoms with van der Waals surface area (Å²) in [5.41, 5.74) is 0.811. The zero-order valence-electron chi connectivity index (χ0n) is 14.1. The first-order valence-electron chi connectivity index (χ1n) is 7.95. The third-order valence-electron chi connectivity index (χ3n) is 3.91. The van der Waals surface area contributed by atoms with E-state index < -0.39 is 10.2 Å². The van der Waals surface area contributed by atoms with Gasteiger partial charge in [0.15, 0.2) is 0 Å². The Kier molecular flexibility index (Phi) is 6.16. The van der Waals surface area contributed by atoms with Crippen LogP contribution in [0.3, 0.4) is 0 Å². The minimum atomic E-state index is -3.45. The second kappa shape index (κ2) is 7.72. The van der Waals surface area contributed by atoms with Crippen LogP contribution in [-0.4, -0.2) is 51.1 Å². The monoisotopic (exact) mass is 341 g/mol. The highest BCUT2D eigenvalue weighted by molar-refractivity contribution is 7.87. The van der Waals surface area contributed by atoms with Crippen LogP contribution in [0.25, 0.3) is 0 Å². The molecule has 1 atom stereocenters. The van der Waals surface area contributed by atoms with E-state index in [1.165, 1.54) is 9.87 Å². The molecule has 0 saturated carbocycles. The minimum Gasteiger partial charge on any atom is -0.379 e. The predicted octanol–water partition coefficient (Wildman–Crippen LogP) is 1.28. The third kappa shape index (κ3) is 5.54. The molecular formula is C16H27N3O3S. The van der Waals surface area contributed by atoms with Gasteiger partial charge >= 0.3 is 0 Å². The van der Waals surface area contributed by atoms with Crippen molar-refractivity contribution in [2.75, 3.05) is 32.8 Å². The molecule has 1 heterocycles. The van der Waals surface area contributed by atoms with Crippen LogP contribution in [0, 0.1) is 0 Å². The first kappa shape index (κ1) is 18.4. The van der Waals surface area contributed by atoms with Crippen molar-refractivity contribution < 1.29 is 13.2 Å². The number of hydrogen-bond donors (Lipinski definition) is 2. The van der Waals surface area contributed by atoms with Gasteiger partial charge in [0.25, 0.3) is 10.2 Å². The van der Waals surface area contributed by atoms with Crippen molar-refractivity contribution in [3.63, 3.8) is 0 Å². The van der Waals surface area contributed by atoms with Crippen molar-refractivity contribution >= 4 is 10.2 Å². The van der Waals surface area contributed by atoms with Crippen LogP contribution in [0.1, 0.15) is 32.4 Å². The summed E-state index contributed by atoms with van der Waals surface area (Å²) < 4.78 is 34.0. The molecule has 1 fully saturated rings. The van der Waals surface area contributed by atoms with E-state index >= 15 is 0 Å². The maximum Gasteiger partial charge on any atom is 0.279 e. The Morgan fingerprint density at radius 3 is 2.43 bits per heavy atom. The number of morpholine rings is 1. The third-order valence-corrected chi connectivity index (χ3v) is 5.47. The smallest absolute Gasteiger partial charge is 0.279 e. The lowest BCUT2D eigenvalue weighted by atomic mass is 10.0. The van der Waals surface area contributed by atoms with Crippen molar-refractivity contribution in [3.05, 3.63) is 35.9 Å². The van der Waals surface area contributed by atoms with Crippen molar-refractivity contribution in [3.8, 4) is 0 Å². The molecule has 130 valence electrons. The molecule has 2 rings (SSSR count). The van der Waals surface area contributed by atoms with Crippen LogP contribution in [-0.2, 0) is 14.9 Å². The first-order chi connectivity index (χ1) is 10.8. The van der Waals surface area contributed by atoms with Crippen LogP contribution in [0.4, 0.5) is 0 Å². The average molecular weight is 341 g/mol. The number of benzene rings is 1. The topological polar surface area (TPSA) is 70.7 Å². The molecule has 1 saturated heterocycles. The molecule has 1 aromatic rings. The summed E-state index contributed by atoms with van der Waals surface area (Å²) in [4.78, 5) is 0. The maximum atomic E-state index is 12.3. The Morgan fingerprint density at radius 1 is 1.22 bits per heavy atom. The second-order valence-corrected chi connectivity index (χ2v) is 8.25. The molecule has 7 heteroatoms. The van der Waals surface area contributed by atoms with E-state index in [9.17, 15) is 8.42 Å². The van der Waals surface area contributed by atoms with Gasteiger partial charge in [-0.25, -0.2) is 4.72 Å². The van der Waals surface area contributed by atoms with Crippen molar-refractivity contribution in [2.24, 2.45) is 0 Å². The Morgan fingerprint density at radius 2 is 1.83 bits per heavy atom. The van der Waals surface area contributed by atoms with Crippen LogP contribution < -0.4 is 10.0 Å². The largest absolute Gasteiger partial charge is 0.379 e. The number of hydrogen-bond acceptors (Lipinski definition) is 4. The Balaban J connectivity index is 1.90. The van der Waals surface area contributed by atoms with E-state index in [-0.39, 0.29) is 11.6 Å². The van der Waals surface area contributed by atoms with E-state index in [4.69, 9.17) is 4.74 Å². The Bertz CT molecular complexity index is 584. The summed E-state index contributed by atoms with van der Waals surface area (Å²) in [6.45, 7) is 8.11. The molecule has 1 aromatic carbocycles. The summed E-state index contributed by atoms with van der Waals surface area (Å²) in [5.74, 6) is 0. The van der Waals surface area contributed by atoms with Gasteiger partial charge in [0.2, 0.25) is 0 Å². The summed E-state index contributed by atoms with van der Waals surface area (Å²) in [7, 11) is -3.45. The molecule has 6 nitrogen and oxygen atoms in total. The summed E-state index contributed by atoms with van der Waals surface area (Å²) in [5, 5.41) is 3.48. The molecule has 0 spiro atoms. The fraction of sp³-hybridized carbons (Fsp3) is 0.625. The maximum absolute atomic E-state index is 12.3. The van der Waals surface area contributed by atoms with Crippen LogP contribution >= 0.6 is 0 Å². The highest BCUT2D eigenvalue weighted by Crippen LogP contribution is 2.16. The highest BCUT2D eigenvalue weighted by atomic mass is 32.2. The van der Waals surface area contributed by atoms with Crippen molar-refractivity contribution in [2.45, 2.75) is 32.4 Å². The average Bonchev–Trinajstić information content (AvgIpc) is 2.54. The zero-order chi connectivity index (χ0) is 16.9. The van der Waals surface area contributed by atoms with E-state index in [1.807, 2.05) is 32.0 Å². The van der Waals surface area contributed by atoms with E-state index in [0.29, 0.717) is 32.8 Å². The standard InChI is InChI=1S/C16H27N3O3S/c1-14(15-7-5-4-6-8-15)18-16(2,3)13-17-23(20,21)19-9-11-22-12-10-19/h4-8,14,17-18H,9-13H2,1-3H3/t14-/m0/s1. The van der Waals surface area contributed by atoms with E-state index in [2.05, 4.69) is 29.1 Å². The van der Waals surface area contributed by atoms with E-state index in [1.54, 1.807) is 0 Å². The molecule has 0 aromatic heterocycles. The molecule has 0 aliphatic carbocycles. The molecule has 0 amide bonds. The van der Waals surface area contributed by atoms with Gasteiger partial charge in [0.1, 0.15) is 0 Å². The van der Waals surface area contributed by atoms with E-state index in [0.717, 1.165) is 0 Å². The highest BCUT2D eigenvalue weighted by Gasteiger charge is 2.28. The number of ether oxygens (including phenoxy) is 1. The molecule has 0 unspecified atom stereocenters. The summed E-state index contributed by atoms with van der Waals surface area (Å²) in [6, 6.07) is 10.2. The van der Waals surface area contributed by atoms with Gasteiger partial charge < -0.3 is 10.1 Å². The second-order valence-electron chi connectivity index (χ2n) is 6.50. The van der Waals surface area contributed by atoms with Gasteiger partial charge in [-0.15, -0.1) is 0 Å². The molecule has 0 radical (unpaired) electrons. The molecule has 1 aliphatic rings. The number of rotatable bonds is 7. The fourth-order valence-corrected chi connectivity index (χ4v) is 3.97. The summed E-state index contributed by atoms with van der Waals surface area (Å²) >= 11 is 0. The quantitative estimate of drug-likeness (QED) is 0.784. The van der Waals surface area contributed by atoms with Gasteiger partial charge in [-0.1, -0.05) is 30.3 Å². The molecule has 0 bridgehead atoms. The fourth-order valence-electron chi connectivity index (χ4n) is 2.61. The zero-order valence-corrected chi connectivity index (χ0v) is 14.9. The molecule has 1 aliphatic heterocycles. The van der Waals surface area contributed by atoms with Gasteiger partial charge in [0, 0.05) is 31.2 Å². The van der Waals surface area contributed by atoms with Gasteiger partial charge in [-0.3, -0.25) is 0 Å². The van der Waals surface area contributed by atoms with Crippen molar-refractivity contribution in [1.29, 1.82) is 0 Å². The Labute approximate surface area is 139 Å². The molecule has 23 heavy (non-hydrogen) atoms. The summed E-state index contributed by atoms with van der Waals surface area (Å²) in [6.07, 6.45) is 0. The van der Waals surface area contributed by atoms with Crippen LogP contribution in [0.15, 0.2) is 30.3 Å². The van der Waals surface area contributed by atoms with Gasteiger partial charge in [-0.2, -0.15) is 12.7 Å². The number of nitrogens with one attached hydrogen (secondary N) is 2.